The third-order valence-corrected chi connectivity index (χ3v) is 2.46. The molecule has 0 saturated heterocycles. The zero-order valence-electron chi connectivity index (χ0n) is 12.8. The van der Waals surface area contributed by atoms with Gasteiger partial charge in [0.2, 0.25) is 5.88 Å². The molecule has 9 heteroatoms. The van der Waals surface area contributed by atoms with Crippen molar-refractivity contribution in [1.29, 1.82) is 0 Å². The lowest BCUT2D eigenvalue weighted by Crippen LogP contribution is -2.36. The van der Waals surface area contributed by atoms with E-state index < -0.39 is 24.0 Å². The summed E-state index contributed by atoms with van der Waals surface area (Å²) in [4.78, 5) is 36.0. The zero-order valence-corrected chi connectivity index (χ0v) is 12.8. The van der Waals surface area contributed by atoms with E-state index in [0.717, 1.165) is 0 Å². The van der Waals surface area contributed by atoms with Gasteiger partial charge in [0, 0.05) is 12.3 Å². The Bertz CT molecular complexity index is 469. The van der Waals surface area contributed by atoms with Crippen LogP contribution in [0.4, 0.5) is 0 Å². The first kappa shape index (κ1) is 17.7. The van der Waals surface area contributed by atoms with Crippen molar-refractivity contribution in [2.75, 3.05) is 14.2 Å². The standard InChI is InChI=1S/C13H19N3O6/c1-8(12(17)15-19-3)21-10-5-6-14-11(7-10)22-9(2)13(18)16-20-4/h5-9H,1-4H3,(H,15,17)(H,16,18). The molecule has 2 N–H and O–H groups in total. The lowest BCUT2D eigenvalue weighted by Gasteiger charge is -2.15. The summed E-state index contributed by atoms with van der Waals surface area (Å²) in [5, 5.41) is 0. The van der Waals surface area contributed by atoms with Gasteiger partial charge in [-0.25, -0.2) is 15.9 Å². The average Bonchev–Trinajstić information content (AvgIpc) is 2.48. The molecule has 0 radical (unpaired) electrons. The molecule has 2 amide bonds. The second-order valence-corrected chi connectivity index (χ2v) is 4.19. The third kappa shape index (κ3) is 5.54. The molecule has 0 aromatic carbocycles. The number of carbonyl (C=O) groups is 2. The van der Waals surface area contributed by atoms with Crippen LogP contribution >= 0.6 is 0 Å². The molecule has 9 nitrogen and oxygen atoms in total. The predicted molar refractivity (Wildman–Crippen MR) is 74.7 cm³/mol. The molecule has 0 saturated carbocycles. The summed E-state index contributed by atoms with van der Waals surface area (Å²) >= 11 is 0. The Morgan fingerprint density at radius 2 is 1.59 bits per heavy atom. The minimum atomic E-state index is -0.808. The lowest BCUT2D eigenvalue weighted by atomic mass is 10.3. The molecule has 0 aliphatic heterocycles. The van der Waals surface area contributed by atoms with Crippen molar-refractivity contribution >= 4 is 11.8 Å². The van der Waals surface area contributed by atoms with E-state index in [1.54, 1.807) is 13.0 Å². The van der Waals surface area contributed by atoms with Crippen LogP contribution in [0, 0.1) is 0 Å². The van der Waals surface area contributed by atoms with Crippen molar-refractivity contribution in [2.24, 2.45) is 0 Å². The molecule has 1 heterocycles. The maximum absolute atomic E-state index is 11.5. The summed E-state index contributed by atoms with van der Waals surface area (Å²) in [6, 6.07) is 3.02. The molecule has 2 unspecified atom stereocenters. The van der Waals surface area contributed by atoms with Crippen molar-refractivity contribution in [3.8, 4) is 11.6 Å². The fourth-order valence-corrected chi connectivity index (χ4v) is 1.39. The summed E-state index contributed by atoms with van der Waals surface area (Å²) < 4.78 is 10.8. The zero-order chi connectivity index (χ0) is 16.5. The van der Waals surface area contributed by atoms with Crippen molar-refractivity contribution in [2.45, 2.75) is 26.1 Å². The molecule has 2 atom stereocenters. The van der Waals surface area contributed by atoms with Crippen LogP contribution in [0.2, 0.25) is 0 Å². The van der Waals surface area contributed by atoms with Gasteiger partial charge in [-0.05, 0) is 19.9 Å². The van der Waals surface area contributed by atoms with Gasteiger partial charge in [-0.3, -0.25) is 19.3 Å². The van der Waals surface area contributed by atoms with Crippen LogP contribution in [0.5, 0.6) is 11.6 Å². The molecule has 0 aliphatic rings. The fraction of sp³-hybridized carbons (Fsp3) is 0.462. The number of ether oxygens (including phenoxy) is 2. The van der Waals surface area contributed by atoms with E-state index in [4.69, 9.17) is 9.47 Å². The van der Waals surface area contributed by atoms with Gasteiger partial charge in [-0.15, -0.1) is 0 Å². The van der Waals surface area contributed by atoms with Crippen LogP contribution in [0.1, 0.15) is 13.8 Å². The maximum atomic E-state index is 11.5. The highest BCUT2D eigenvalue weighted by Crippen LogP contribution is 2.18. The van der Waals surface area contributed by atoms with Gasteiger partial charge < -0.3 is 9.47 Å². The molecule has 1 aromatic rings. The highest BCUT2D eigenvalue weighted by molar-refractivity contribution is 5.80. The quantitative estimate of drug-likeness (QED) is 0.649. The van der Waals surface area contributed by atoms with E-state index in [-0.39, 0.29) is 5.88 Å². The highest BCUT2D eigenvalue weighted by atomic mass is 16.6. The Morgan fingerprint density at radius 1 is 1.05 bits per heavy atom. The van der Waals surface area contributed by atoms with Crippen molar-refractivity contribution in [1.82, 2.24) is 15.9 Å². The maximum Gasteiger partial charge on any atom is 0.284 e. The molecule has 122 valence electrons. The molecule has 1 rings (SSSR count). The van der Waals surface area contributed by atoms with Crippen LogP contribution < -0.4 is 20.4 Å². The summed E-state index contributed by atoms with van der Waals surface area (Å²) in [6.07, 6.45) is -0.145. The molecular formula is C13H19N3O6. The normalized spacial score (nSPS) is 12.9. The van der Waals surface area contributed by atoms with E-state index in [1.807, 2.05) is 0 Å². The first-order chi connectivity index (χ1) is 10.5. The molecule has 22 heavy (non-hydrogen) atoms. The monoisotopic (exact) mass is 313 g/mol. The van der Waals surface area contributed by atoms with E-state index >= 15 is 0 Å². The van der Waals surface area contributed by atoms with E-state index in [0.29, 0.717) is 5.75 Å². The van der Waals surface area contributed by atoms with E-state index in [1.165, 1.54) is 33.4 Å². The van der Waals surface area contributed by atoms with Crippen molar-refractivity contribution in [3.63, 3.8) is 0 Å². The fourth-order valence-electron chi connectivity index (χ4n) is 1.39. The summed E-state index contributed by atoms with van der Waals surface area (Å²) in [5.74, 6) is -0.350. The SMILES string of the molecule is CONC(=O)C(C)Oc1ccnc(OC(C)C(=O)NOC)c1. The van der Waals surface area contributed by atoms with Crippen molar-refractivity contribution in [3.05, 3.63) is 18.3 Å². The molecular weight excluding hydrogens is 294 g/mol. The lowest BCUT2D eigenvalue weighted by molar-refractivity contribution is -0.138. The topological polar surface area (TPSA) is 108 Å². The molecule has 0 bridgehead atoms. The van der Waals surface area contributed by atoms with Gasteiger partial charge in [-0.2, -0.15) is 0 Å². The Morgan fingerprint density at radius 3 is 2.14 bits per heavy atom. The number of hydrogen-bond donors (Lipinski definition) is 2. The minimum Gasteiger partial charge on any atom is -0.481 e. The number of hydrogen-bond acceptors (Lipinski definition) is 7. The second-order valence-electron chi connectivity index (χ2n) is 4.19. The Balaban J connectivity index is 2.66. The second kappa shape index (κ2) is 8.80. The van der Waals surface area contributed by atoms with Crippen LogP contribution in [0.15, 0.2) is 18.3 Å². The number of nitrogens with zero attached hydrogens (tertiary/aromatic N) is 1. The minimum absolute atomic E-state index is 0.176. The molecule has 0 fully saturated rings. The van der Waals surface area contributed by atoms with Gasteiger partial charge in [0.05, 0.1) is 14.2 Å². The predicted octanol–water partition coefficient (Wildman–Crippen LogP) is -0.0286. The number of amides is 2. The van der Waals surface area contributed by atoms with E-state index in [9.17, 15) is 9.59 Å². The van der Waals surface area contributed by atoms with Gasteiger partial charge in [0.1, 0.15) is 5.75 Å². The Hall–Kier alpha value is -2.39. The van der Waals surface area contributed by atoms with Crippen LogP contribution in [-0.4, -0.2) is 43.2 Å². The van der Waals surface area contributed by atoms with Gasteiger partial charge in [-0.1, -0.05) is 0 Å². The first-order valence-corrected chi connectivity index (χ1v) is 6.43. The number of nitrogens with one attached hydrogen (secondary N) is 2. The van der Waals surface area contributed by atoms with Gasteiger partial charge in [0.25, 0.3) is 11.8 Å². The highest BCUT2D eigenvalue weighted by Gasteiger charge is 2.17. The van der Waals surface area contributed by atoms with E-state index in [2.05, 4.69) is 25.6 Å². The molecule has 0 aliphatic carbocycles. The van der Waals surface area contributed by atoms with Crippen LogP contribution in [0.25, 0.3) is 0 Å². The van der Waals surface area contributed by atoms with Gasteiger partial charge >= 0.3 is 0 Å². The average molecular weight is 313 g/mol. The smallest absolute Gasteiger partial charge is 0.284 e. The van der Waals surface area contributed by atoms with Crippen LogP contribution in [-0.2, 0) is 19.3 Å². The van der Waals surface area contributed by atoms with Crippen LogP contribution in [0.3, 0.4) is 0 Å². The van der Waals surface area contributed by atoms with Gasteiger partial charge in [0.15, 0.2) is 12.2 Å². The summed E-state index contributed by atoms with van der Waals surface area (Å²) in [5.41, 5.74) is 4.32. The van der Waals surface area contributed by atoms with Crippen molar-refractivity contribution < 1.29 is 28.7 Å². The first-order valence-electron chi connectivity index (χ1n) is 6.43. The number of pyridine rings is 1. The summed E-state index contributed by atoms with van der Waals surface area (Å²) in [7, 11) is 2.65. The third-order valence-electron chi connectivity index (χ3n) is 2.46. The number of carbonyl (C=O) groups excluding carboxylic acids is 2. The molecule has 1 aromatic heterocycles. The summed E-state index contributed by atoms with van der Waals surface area (Å²) in [6.45, 7) is 3.10. The number of rotatable bonds is 8. The Kier molecular flexibility index (Phi) is 7.06. The number of hydroxylamine groups is 2. The molecule has 0 spiro atoms. The number of aromatic nitrogens is 1. The Labute approximate surface area is 127 Å². The largest absolute Gasteiger partial charge is 0.481 e.